The van der Waals surface area contributed by atoms with Crippen molar-refractivity contribution in [3.63, 3.8) is 0 Å². The number of benzene rings is 2. The molecule has 0 spiro atoms. The largest absolute Gasteiger partial charge is 0.508 e. The number of hydrogen-bond acceptors (Lipinski definition) is 2. The van der Waals surface area contributed by atoms with Gasteiger partial charge in [0.1, 0.15) is 18.1 Å². The summed E-state index contributed by atoms with van der Waals surface area (Å²) in [7, 11) is 0. The number of rotatable bonds is 3. The normalized spacial score (nSPS) is 9.70. The van der Waals surface area contributed by atoms with E-state index in [4.69, 9.17) is 16.3 Å². The smallest absolute Gasteiger partial charge is 0.122 e. The molecule has 0 bridgehead atoms. The molecular formula is C17H15ClO2. The van der Waals surface area contributed by atoms with E-state index in [2.05, 4.69) is 11.8 Å². The molecule has 0 aromatic heterocycles. The lowest BCUT2D eigenvalue weighted by Crippen LogP contribution is -1.97. The Balaban J connectivity index is 2.06. The summed E-state index contributed by atoms with van der Waals surface area (Å²) in [4.78, 5) is 0. The molecule has 0 saturated heterocycles. The van der Waals surface area contributed by atoms with Gasteiger partial charge < -0.3 is 9.84 Å². The van der Waals surface area contributed by atoms with Gasteiger partial charge in [-0.3, -0.25) is 0 Å². The van der Waals surface area contributed by atoms with E-state index in [1.54, 1.807) is 18.2 Å². The van der Waals surface area contributed by atoms with E-state index in [-0.39, 0.29) is 5.75 Å². The van der Waals surface area contributed by atoms with E-state index in [1.165, 1.54) is 0 Å². The van der Waals surface area contributed by atoms with Crippen LogP contribution in [0.1, 0.15) is 16.7 Å². The maximum Gasteiger partial charge on any atom is 0.122 e. The van der Waals surface area contributed by atoms with Gasteiger partial charge in [0.25, 0.3) is 0 Å². The third-order valence-corrected chi connectivity index (χ3v) is 2.91. The molecule has 0 aliphatic rings. The van der Waals surface area contributed by atoms with Crippen LogP contribution < -0.4 is 4.74 Å². The van der Waals surface area contributed by atoms with Gasteiger partial charge in [0.2, 0.25) is 0 Å². The Morgan fingerprint density at radius 3 is 2.75 bits per heavy atom. The summed E-state index contributed by atoms with van der Waals surface area (Å²) >= 11 is 5.53. The monoisotopic (exact) mass is 286 g/mol. The number of alkyl halides is 1. The van der Waals surface area contributed by atoms with E-state index in [9.17, 15) is 5.11 Å². The number of halogens is 1. The van der Waals surface area contributed by atoms with Gasteiger partial charge in [0.15, 0.2) is 0 Å². The summed E-state index contributed by atoms with van der Waals surface area (Å²) in [5.41, 5.74) is 2.87. The molecule has 2 aromatic rings. The number of hydrogen-bond donors (Lipinski definition) is 1. The fraction of sp³-hybridized carbons (Fsp3) is 0.176. The fourth-order valence-corrected chi connectivity index (χ4v) is 1.90. The Morgan fingerprint density at radius 1 is 1.20 bits per heavy atom. The third kappa shape index (κ3) is 3.94. The van der Waals surface area contributed by atoms with Crippen LogP contribution in [0, 0.1) is 18.8 Å². The zero-order chi connectivity index (χ0) is 14.4. The van der Waals surface area contributed by atoms with E-state index in [0.717, 1.165) is 22.4 Å². The van der Waals surface area contributed by atoms with E-state index >= 15 is 0 Å². The van der Waals surface area contributed by atoms with Gasteiger partial charge in [-0.2, -0.15) is 0 Å². The Kier molecular flexibility index (Phi) is 4.92. The highest BCUT2D eigenvalue weighted by Crippen LogP contribution is 2.21. The molecule has 0 saturated carbocycles. The first-order valence-corrected chi connectivity index (χ1v) is 6.78. The zero-order valence-electron chi connectivity index (χ0n) is 11.2. The molecule has 0 atom stereocenters. The average Bonchev–Trinajstić information content (AvgIpc) is 2.44. The number of phenolic OH excluding ortho intramolecular Hbond substituents is 1. The maximum atomic E-state index is 9.40. The molecular weight excluding hydrogens is 272 g/mol. The molecule has 0 radical (unpaired) electrons. The second kappa shape index (κ2) is 6.88. The summed E-state index contributed by atoms with van der Waals surface area (Å²) in [5.74, 6) is 7.18. The van der Waals surface area contributed by atoms with Crippen LogP contribution in [0.25, 0.3) is 0 Å². The minimum atomic E-state index is 0.245. The van der Waals surface area contributed by atoms with Gasteiger partial charge in [-0.25, -0.2) is 0 Å². The number of ether oxygens (including phenoxy) is 1. The molecule has 2 aromatic carbocycles. The van der Waals surface area contributed by atoms with Crippen molar-refractivity contribution in [1.29, 1.82) is 0 Å². The second-order valence-electron chi connectivity index (χ2n) is 4.37. The molecule has 0 fully saturated rings. The van der Waals surface area contributed by atoms with Crippen molar-refractivity contribution < 1.29 is 9.84 Å². The van der Waals surface area contributed by atoms with Gasteiger partial charge in [-0.1, -0.05) is 24.0 Å². The molecule has 2 nitrogen and oxygen atoms in total. The first-order valence-electron chi connectivity index (χ1n) is 6.25. The highest BCUT2D eigenvalue weighted by Gasteiger charge is 2.01. The third-order valence-electron chi connectivity index (χ3n) is 2.78. The summed E-state index contributed by atoms with van der Waals surface area (Å²) in [6.07, 6.45) is 0. The molecule has 1 N–H and O–H groups in total. The average molecular weight is 287 g/mol. The summed E-state index contributed by atoms with van der Waals surface area (Å²) < 4.78 is 5.75. The Bertz CT molecular complexity index is 654. The van der Waals surface area contributed by atoms with Crippen molar-refractivity contribution in [3.8, 4) is 23.3 Å². The highest BCUT2D eigenvalue weighted by molar-refractivity contribution is 6.19. The molecule has 0 unspecified atom stereocenters. The molecule has 0 heterocycles. The van der Waals surface area contributed by atoms with E-state index in [0.29, 0.717) is 12.5 Å². The quantitative estimate of drug-likeness (QED) is 0.685. The van der Waals surface area contributed by atoms with Crippen molar-refractivity contribution in [2.75, 3.05) is 5.88 Å². The van der Waals surface area contributed by atoms with Crippen LogP contribution in [0.3, 0.4) is 0 Å². The number of phenols is 1. The van der Waals surface area contributed by atoms with Crippen LogP contribution in [0.15, 0.2) is 42.5 Å². The van der Waals surface area contributed by atoms with Gasteiger partial charge in [-0.15, -0.1) is 11.6 Å². The molecule has 0 amide bonds. The van der Waals surface area contributed by atoms with Crippen molar-refractivity contribution in [2.45, 2.75) is 13.5 Å². The second-order valence-corrected chi connectivity index (χ2v) is 4.64. The van der Waals surface area contributed by atoms with Crippen LogP contribution in [0.5, 0.6) is 11.5 Å². The first-order chi connectivity index (χ1) is 9.69. The molecule has 20 heavy (non-hydrogen) atoms. The zero-order valence-corrected chi connectivity index (χ0v) is 11.9. The summed E-state index contributed by atoms with van der Waals surface area (Å²) in [5, 5.41) is 9.40. The lowest BCUT2D eigenvalue weighted by Gasteiger charge is -2.09. The van der Waals surface area contributed by atoms with Gasteiger partial charge >= 0.3 is 0 Å². The topological polar surface area (TPSA) is 29.5 Å². The predicted octanol–water partition coefficient (Wildman–Crippen LogP) is 3.87. The van der Waals surface area contributed by atoms with Crippen LogP contribution in [0.2, 0.25) is 0 Å². The van der Waals surface area contributed by atoms with Gasteiger partial charge in [0, 0.05) is 5.56 Å². The minimum absolute atomic E-state index is 0.245. The van der Waals surface area contributed by atoms with Crippen LogP contribution in [0.4, 0.5) is 0 Å². The summed E-state index contributed by atoms with van der Waals surface area (Å²) in [6.45, 7) is 2.39. The van der Waals surface area contributed by atoms with Crippen LogP contribution >= 0.6 is 11.6 Å². The van der Waals surface area contributed by atoms with Crippen molar-refractivity contribution in [3.05, 3.63) is 59.2 Å². The standard InChI is InChI=1S/C17H15ClO2/c1-13-10-14(5-3-9-18)7-8-17(13)20-12-15-4-2-6-16(19)11-15/h2,4,6-8,10-11,19H,9,12H2,1H3. The predicted molar refractivity (Wildman–Crippen MR) is 81.2 cm³/mol. The highest BCUT2D eigenvalue weighted by atomic mass is 35.5. The van der Waals surface area contributed by atoms with Crippen molar-refractivity contribution in [2.24, 2.45) is 0 Å². The molecule has 102 valence electrons. The first kappa shape index (κ1) is 14.3. The molecule has 3 heteroatoms. The molecule has 0 aliphatic carbocycles. The molecule has 0 aliphatic heterocycles. The minimum Gasteiger partial charge on any atom is -0.508 e. The summed E-state index contributed by atoms with van der Waals surface area (Å²) in [6, 6.07) is 12.8. The van der Waals surface area contributed by atoms with Gasteiger partial charge in [-0.05, 0) is 48.4 Å². The number of aryl methyl sites for hydroxylation is 1. The lowest BCUT2D eigenvalue weighted by molar-refractivity contribution is 0.303. The Morgan fingerprint density at radius 2 is 2.05 bits per heavy atom. The van der Waals surface area contributed by atoms with Crippen molar-refractivity contribution >= 4 is 11.6 Å². The van der Waals surface area contributed by atoms with Gasteiger partial charge in [0.05, 0.1) is 5.88 Å². The number of aromatic hydroxyl groups is 1. The van der Waals surface area contributed by atoms with Crippen LogP contribution in [-0.4, -0.2) is 11.0 Å². The van der Waals surface area contributed by atoms with E-state index in [1.807, 2.05) is 31.2 Å². The fourth-order valence-electron chi connectivity index (χ4n) is 1.83. The van der Waals surface area contributed by atoms with Crippen molar-refractivity contribution in [1.82, 2.24) is 0 Å². The molecule has 2 rings (SSSR count). The Hall–Kier alpha value is -2.11. The Labute approximate surface area is 124 Å². The van der Waals surface area contributed by atoms with Crippen LogP contribution in [-0.2, 0) is 6.61 Å². The SMILES string of the molecule is Cc1cc(C#CCCl)ccc1OCc1cccc(O)c1. The maximum absolute atomic E-state index is 9.40. The lowest BCUT2D eigenvalue weighted by atomic mass is 10.1. The van der Waals surface area contributed by atoms with E-state index < -0.39 is 0 Å².